The van der Waals surface area contributed by atoms with Gasteiger partial charge < -0.3 is 10.1 Å². The molecule has 0 aromatic heterocycles. The first-order valence-electron chi connectivity index (χ1n) is 9.95. The summed E-state index contributed by atoms with van der Waals surface area (Å²) in [6, 6.07) is 18.7. The first kappa shape index (κ1) is 23.4. The summed E-state index contributed by atoms with van der Waals surface area (Å²) in [5.41, 5.74) is 5.24. The van der Waals surface area contributed by atoms with Crippen LogP contribution in [0, 0.1) is 32.1 Å². The van der Waals surface area contributed by atoms with Gasteiger partial charge in [0, 0.05) is 5.69 Å². The van der Waals surface area contributed by atoms with Crippen molar-refractivity contribution in [3.05, 3.63) is 98.0 Å². The average Bonchev–Trinajstić information content (AvgIpc) is 2.74. The molecule has 4 nitrogen and oxygen atoms in total. The van der Waals surface area contributed by atoms with E-state index in [2.05, 4.69) is 5.32 Å². The number of nitriles is 1. The standard InChI is InChI=1S/C26H22Cl2N2O2/c1-16-6-4-8-19(10-16)15-32-25-22(27)12-20(13-23(25)28)11-21(14-29)26(31)30-24-9-5-7-17(2)18(24)3/h4-13H,15H2,1-3H3,(H,30,31)/b21-11+. The molecule has 0 saturated heterocycles. The van der Waals surface area contributed by atoms with Gasteiger partial charge in [-0.1, -0.05) is 65.2 Å². The summed E-state index contributed by atoms with van der Waals surface area (Å²) in [7, 11) is 0. The zero-order valence-electron chi connectivity index (χ0n) is 18.0. The van der Waals surface area contributed by atoms with Crippen molar-refractivity contribution in [1.82, 2.24) is 0 Å². The Hall–Kier alpha value is -3.26. The minimum atomic E-state index is -0.506. The van der Waals surface area contributed by atoms with E-state index in [1.807, 2.05) is 63.2 Å². The van der Waals surface area contributed by atoms with Gasteiger partial charge in [-0.2, -0.15) is 5.26 Å². The molecular weight excluding hydrogens is 443 g/mol. The van der Waals surface area contributed by atoms with Gasteiger partial charge in [0.25, 0.3) is 5.91 Å². The lowest BCUT2D eigenvalue weighted by molar-refractivity contribution is -0.112. The highest BCUT2D eigenvalue weighted by Gasteiger charge is 2.14. The van der Waals surface area contributed by atoms with Crippen LogP contribution in [-0.4, -0.2) is 5.91 Å². The molecule has 0 heterocycles. The van der Waals surface area contributed by atoms with Gasteiger partial charge in [-0.3, -0.25) is 4.79 Å². The van der Waals surface area contributed by atoms with Gasteiger partial charge in [0.1, 0.15) is 18.2 Å². The Bertz CT molecular complexity index is 1220. The fourth-order valence-corrected chi connectivity index (χ4v) is 3.76. The molecule has 0 spiro atoms. The van der Waals surface area contributed by atoms with Crippen LogP contribution in [0.25, 0.3) is 6.08 Å². The third-order valence-electron chi connectivity index (χ3n) is 5.02. The number of hydrogen-bond acceptors (Lipinski definition) is 3. The molecule has 3 aromatic carbocycles. The van der Waals surface area contributed by atoms with Gasteiger partial charge >= 0.3 is 0 Å². The third-order valence-corrected chi connectivity index (χ3v) is 5.58. The summed E-state index contributed by atoms with van der Waals surface area (Å²) in [5.74, 6) is -0.154. The predicted molar refractivity (Wildman–Crippen MR) is 130 cm³/mol. The van der Waals surface area contributed by atoms with Crippen LogP contribution < -0.4 is 10.1 Å². The fraction of sp³-hybridized carbons (Fsp3) is 0.154. The SMILES string of the molecule is Cc1cccc(COc2c(Cl)cc(/C=C(\C#N)C(=O)Nc3cccc(C)c3C)cc2Cl)c1. The lowest BCUT2D eigenvalue weighted by Gasteiger charge is -2.12. The molecule has 1 N–H and O–H groups in total. The molecule has 32 heavy (non-hydrogen) atoms. The summed E-state index contributed by atoms with van der Waals surface area (Å²) in [5, 5.41) is 12.9. The lowest BCUT2D eigenvalue weighted by Crippen LogP contribution is -2.14. The zero-order chi connectivity index (χ0) is 23.3. The molecule has 0 aliphatic rings. The molecule has 0 radical (unpaired) electrons. The first-order chi connectivity index (χ1) is 15.3. The molecule has 0 atom stereocenters. The number of benzene rings is 3. The largest absolute Gasteiger partial charge is 0.486 e. The van der Waals surface area contributed by atoms with Gasteiger partial charge in [0.05, 0.1) is 10.0 Å². The van der Waals surface area contributed by atoms with Crippen molar-refractivity contribution in [1.29, 1.82) is 5.26 Å². The van der Waals surface area contributed by atoms with Gasteiger partial charge in [0.15, 0.2) is 5.75 Å². The van der Waals surface area contributed by atoms with Crippen molar-refractivity contribution in [2.75, 3.05) is 5.32 Å². The Labute approximate surface area is 198 Å². The second-order valence-electron chi connectivity index (χ2n) is 7.46. The molecule has 1 amide bonds. The molecule has 6 heteroatoms. The van der Waals surface area contributed by atoms with Crippen LogP contribution in [0.15, 0.2) is 60.2 Å². The third kappa shape index (κ3) is 5.70. The molecule has 162 valence electrons. The topological polar surface area (TPSA) is 62.1 Å². The Morgan fingerprint density at radius 2 is 1.75 bits per heavy atom. The van der Waals surface area contributed by atoms with Gasteiger partial charge in [-0.25, -0.2) is 0 Å². The molecule has 3 rings (SSSR count). The highest BCUT2D eigenvalue weighted by atomic mass is 35.5. The number of anilines is 1. The fourth-order valence-electron chi connectivity index (χ4n) is 3.15. The minimum Gasteiger partial charge on any atom is -0.486 e. The van der Waals surface area contributed by atoms with Gasteiger partial charge in [-0.15, -0.1) is 0 Å². The van der Waals surface area contributed by atoms with Crippen molar-refractivity contribution < 1.29 is 9.53 Å². The number of hydrogen-bond donors (Lipinski definition) is 1. The van der Waals surface area contributed by atoms with Crippen LogP contribution in [0.1, 0.15) is 27.8 Å². The molecule has 0 fully saturated rings. The van der Waals surface area contributed by atoms with Crippen molar-refractivity contribution in [3.8, 4) is 11.8 Å². The van der Waals surface area contributed by atoms with E-state index < -0.39 is 5.91 Å². The van der Waals surface area contributed by atoms with Crippen LogP contribution in [0.5, 0.6) is 5.75 Å². The van der Waals surface area contributed by atoms with E-state index in [-0.39, 0.29) is 5.57 Å². The van der Waals surface area contributed by atoms with E-state index in [1.54, 1.807) is 18.2 Å². The Balaban J connectivity index is 1.79. The van der Waals surface area contributed by atoms with Crippen LogP contribution in [0.2, 0.25) is 10.0 Å². The Morgan fingerprint density at radius 1 is 1.06 bits per heavy atom. The highest BCUT2D eigenvalue weighted by molar-refractivity contribution is 6.37. The first-order valence-corrected chi connectivity index (χ1v) is 10.7. The zero-order valence-corrected chi connectivity index (χ0v) is 19.5. The smallest absolute Gasteiger partial charge is 0.266 e. The summed E-state index contributed by atoms with van der Waals surface area (Å²) in [6.45, 7) is 6.19. The lowest BCUT2D eigenvalue weighted by atomic mass is 10.1. The van der Waals surface area contributed by atoms with Crippen LogP contribution in [-0.2, 0) is 11.4 Å². The van der Waals surface area contributed by atoms with Crippen molar-refractivity contribution >= 4 is 40.9 Å². The molecule has 0 bridgehead atoms. The van der Waals surface area contributed by atoms with Crippen LogP contribution in [0.3, 0.4) is 0 Å². The van der Waals surface area contributed by atoms with Crippen LogP contribution in [0.4, 0.5) is 5.69 Å². The molecule has 0 aliphatic carbocycles. The molecule has 3 aromatic rings. The quantitative estimate of drug-likeness (QED) is 0.314. The predicted octanol–water partition coefficient (Wildman–Crippen LogP) is 7.04. The number of aryl methyl sites for hydroxylation is 2. The van der Waals surface area contributed by atoms with E-state index in [4.69, 9.17) is 27.9 Å². The Morgan fingerprint density at radius 3 is 2.41 bits per heavy atom. The number of carbonyl (C=O) groups excluding carboxylic acids is 1. The number of ether oxygens (including phenoxy) is 1. The number of halogens is 2. The van der Waals surface area contributed by atoms with E-state index in [9.17, 15) is 10.1 Å². The number of amides is 1. The molecule has 0 saturated carbocycles. The monoisotopic (exact) mass is 464 g/mol. The van der Waals surface area contributed by atoms with Gasteiger partial charge in [-0.05, 0) is 67.3 Å². The Kier molecular flexibility index (Phi) is 7.58. The van der Waals surface area contributed by atoms with E-state index >= 15 is 0 Å². The van der Waals surface area contributed by atoms with Crippen molar-refractivity contribution in [2.24, 2.45) is 0 Å². The second kappa shape index (κ2) is 10.4. The van der Waals surface area contributed by atoms with Gasteiger partial charge in [0.2, 0.25) is 0 Å². The summed E-state index contributed by atoms with van der Waals surface area (Å²) >= 11 is 12.8. The summed E-state index contributed by atoms with van der Waals surface area (Å²) < 4.78 is 5.82. The van der Waals surface area contributed by atoms with E-state index in [0.29, 0.717) is 33.7 Å². The van der Waals surface area contributed by atoms with E-state index in [0.717, 1.165) is 22.3 Å². The normalized spacial score (nSPS) is 11.1. The average molecular weight is 465 g/mol. The molecular formula is C26H22Cl2N2O2. The highest BCUT2D eigenvalue weighted by Crippen LogP contribution is 2.35. The number of carbonyl (C=O) groups is 1. The van der Waals surface area contributed by atoms with Crippen LogP contribution >= 0.6 is 23.2 Å². The maximum absolute atomic E-state index is 12.6. The summed E-state index contributed by atoms with van der Waals surface area (Å²) in [4.78, 5) is 12.6. The molecule has 0 aliphatic heterocycles. The number of nitrogens with zero attached hydrogens (tertiary/aromatic N) is 1. The molecule has 0 unspecified atom stereocenters. The van der Waals surface area contributed by atoms with Crippen molar-refractivity contribution in [2.45, 2.75) is 27.4 Å². The minimum absolute atomic E-state index is 0.0635. The van der Waals surface area contributed by atoms with Crippen molar-refractivity contribution in [3.63, 3.8) is 0 Å². The maximum atomic E-state index is 12.6. The maximum Gasteiger partial charge on any atom is 0.266 e. The number of nitrogens with one attached hydrogen (secondary N) is 1. The second-order valence-corrected chi connectivity index (χ2v) is 8.28. The summed E-state index contributed by atoms with van der Waals surface area (Å²) in [6.07, 6.45) is 1.45. The van der Waals surface area contributed by atoms with E-state index in [1.165, 1.54) is 6.08 Å². The number of rotatable bonds is 6.